The van der Waals surface area contributed by atoms with Crippen molar-refractivity contribution in [3.63, 3.8) is 0 Å². The molecular weight excluding hydrogens is 154 g/mol. The van der Waals surface area contributed by atoms with Crippen molar-refractivity contribution in [1.82, 2.24) is 5.32 Å². The first-order chi connectivity index (χ1) is 5.46. The molecule has 3 nitrogen and oxygen atoms in total. The van der Waals surface area contributed by atoms with E-state index in [1.807, 2.05) is 6.92 Å². The fourth-order valence-electron chi connectivity index (χ4n) is 0.765. The summed E-state index contributed by atoms with van der Waals surface area (Å²) in [6.07, 6.45) is 0.815. The molecule has 0 aromatic heterocycles. The predicted octanol–water partition coefficient (Wildman–Crippen LogP) is 0.984. The Morgan fingerprint density at radius 3 is 2.42 bits per heavy atom. The second-order valence-electron chi connectivity index (χ2n) is 3.51. The van der Waals surface area contributed by atoms with Crippen LogP contribution in [-0.4, -0.2) is 18.7 Å². The molecule has 0 fully saturated rings. The molecule has 70 valence electrons. The molecule has 1 atom stereocenters. The third-order valence-electron chi connectivity index (χ3n) is 2.27. The van der Waals surface area contributed by atoms with Crippen molar-refractivity contribution in [2.24, 2.45) is 11.3 Å². The van der Waals surface area contributed by atoms with Crippen molar-refractivity contribution >= 4 is 12.2 Å². The monoisotopic (exact) mass is 171 g/mol. The van der Waals surface area contributed by atoms with Gasteiger partial charge in [-0.05, 0) is 6.92 Å². The molecule has 1 unspecified atom stereocenters. The zero-order valence-electron chi connectivity index (χ0n) is 8.18. The van der Waals surface area contributed by atoms with Crippen LogP contribution in [0.4, 0.5) is 0 Å². The van der Waals surface area contributed by atoms with Gasteiger partial charge in [-0.3, -0.25) is 4.79 Å². The average molecular weight is 171 g/mol. The van der Waals surface area contributed by atoms with Crippen molar-refractivity contribution < 1.29 is 9.59 Å². The molecule has 1 N–H and O–H groups in total. The minimum absolute atomic E-state index is 0.0652. The number of aldehydes is 1. The number of carbonyl (C=O) groups excluding carboxylic acids is 2. The van der Waals surface area contributed by atoms with Crippen LogP contribution in [0.3, 0.4) is 0 Å². The fraction of sp³-hybridized carbons (Fsp3) is 0.778. The highest BCUT2D eigenvalue weighted by molar-refractivity contribution is 5.84. The lowest BCUT2D eigenvalue weighted by Crippen LogP contribution is -2.41. The SMILES string of the molecule is CCNC(=O)C(C)(C)C(C)C=O. The molecule has 0 saturated carbocycles. The Morgan fingerprint density at radius 2 is 2.08 bits per heavy atom. The zero-order chi connectivity index (χ0) is 9.78. The van der Waals surface area contributed by atoms with E-state index in [9.17, 15) is 9.59 Å². The van der Waals surface area contributed by atoms with Crippen molar-refractivity contribution in [2.75, 3.05) is 6.54 Å². The van der Waals surface area contributed by atoms with E-state index in [0.29, 0.717) is 6.54 Å². The minimum Gasteiger partial charge on any atom is -0.356 e. The van der Waals surface area contributed by atoms with Crippen LogP contribution < -0.4 is 5.32 Å². The van der Waals surface area contributed by atoms with Gasteiger partial charge in [0.1, 0.15) is 6.29 Å². The lowest BCUT2D eigenvalue weighted by molar-refractivity contribution is -0.134. The first-order valence-electron chi connectivity index (χ1n) is 4.20. The van der Waals surface area contributed by atoms with Gasteiger partial charge in [0.05, 0.1) is 5.41 Å². The second kappa shape index (κ2) is 4.24. The van der Waals surface area contributed by atoms with Gasteiger partial charge in [0.2, 0.25) is 5.91 Å². The minimum atomic E-state index is -0.599. The lowest BCUT2D eigenvalue weighted by atomic mass is 9.80. The first kappa shape index (κ1) is 11.1. The largest absolute Gasteiger partial charge is 0.356 e. The fourth-order valence-corrected chi connectivity index (χ4v) is 0.765. The molecular formula is C9H17NO2. The Bertz CT molecular complexity index is 175. The van der Waals surface area contributed by atoms with Crippen LogP contribution in [0.5, 0.6) is 0 Å². The Hall–Kier alpha value is -0.860. The van der Waals surface area contributed by atoms with Crippen molar-refractivity contribution in [1.29, 1.82) is 0 Å². The van der Waals surface area contributed by atoms with Gasteiger partial charge in [-0.15, -0.1) is 0 Å². The standard InChI is InChI=1S/C9H17NO2/c1-5-10-8(12)9(3,4)7(2)6-11/h6-7H,5H2,1-4H3,(H,10,12). The van der Waals surface area contributed by atoms with Gasteiger partial charge < -0.3 is 10.1 Å². The van der Waals surface area contributed by atoms with E-state index in [2.05, 4.69) is 5.32 Å². The number of hydrogen-bond acceptors (Lipinski definition) is 2. The summed E-state index contributed by atoms with van der Waals surface area (Å²) in [6, 6.07) is 0. The summed E-state index contributed by atoms with van der Waals surface area (Å²) in [5, 5.41) is 2.70. The van der Waals surface area contributed by atoms with Gasteiger partial charge >= 0.3 is 0 Å². The number of amides is 1. The normalized spacial score (nSPS) is 13.7. The van der Waals surface area contributed by atoms with Crippen LogP contribution in [0.15, 0.2) is 0 Å². The van der Waals surface area contributed by atoms with Crippen LogP contribution in [0.1, 0.15) is 27.7 Å². The van der Waals surface area contributed by atoms with Crippen LogP contribution in [-0.2, 0) is 9.59 Å². The highest BCUT2D eigenvalue weighted by Gasteiger charge is 2.33. The summed E-state index contributed by atoms with van der Waals surface area (Å²) in [6.45, 7) is 7.77. The van der Waals surface area contributed by atoms with E-state index in [1.54, 1.807) is 20.8 Å². The average Bonchev–Trinajstić information content (AvgIpc) is 2.03. The third kappa shape index (κ3) is 2.32. The third-order valence-corrected chi connectivity index (χ3v) is 2.27. The van der Waals surface area contributed by atoms with E-state index >= 15 is 0 Å². The Kier molecular flexibility index (Phi) is 3.93. The number of nitrogens with one attached hydrogen (secondary N) is 1. The van der Waals surface area contributed by atoms with E-state index in [4.69, 9.17) is 0 Å². The Morgan fingerprint density at radius 1 is 1.58 bits per heavy atom. The number of carbonyl (C=O) groups is 2. The molecule has 3 heteroatoms. The topological polar surface area (TPSA) is 46.2 Å². The number of hydrogen-bond donors (Lipinski definition) is 1. The van der Waals surface area contributed by atoms with E-state index in [1.165, 1.54) is 0 Å². The van der Waals surface area contributed by atoms with E-state index in [0.717, 1.165) is 6.29 Å². The molecule has 0 aromatic rings. The van der Waals surface area contributed by atoms with Gasteiger partial charge in [-0.25, -0.2) is 0 Å². The Balaban J connectivity index is 4.37. The Labute approximate surface area is 73.5 Å². The predicted molar refractivity (Wildman–Crippen MR) is 47.7 cm³/mol. The molecule has 0 radical (unpaired) electrons. The maximum Gasteiger partial charge on any atom is 0.226 e. The van der Waals surface area contributed by atoms with Crippen molar-refractivity contribution in [2.45, 2.75) is 27.7 Å². The summed E-state index contributed by atoms with van der Waals surface area (Å²) in [7, 11) is 0. The van der Waals surface area contributed by atoms with Gasteiger partial charge in [0, 0.05) is 12.5 Å². The van der Waals surface area contributed by atoms with E-state index in [-0.39, 0.29) is 11.8 Å². The van der Waals surface area contributed by atoms with Crippen LogP contribution >= 0.6 is 0 Å². The smallest absolute Gasteiger partial charge is 0.226 e. The molecule has 0 heterocycles. The quantitative estimate of drug-likeness (QED) is 0.641. The van der Waals surface area contributed by atoms with Gasteiger partial charge in [0.25, 0.3) is 0 Å². The molecule has 12 heavy (non-hydrogen) atoms. The highest BCUT2D eigenvalue weighted by Crippen LogP contribution is 2.24. The molecule has 1 amide bonds. The summed E-state index contributed by atoms with van der Waals surface area (Å²) < 4.78 is 0. The molecule has 0 aliphatic carbocycles. The maximum absolute atomic E-state index is 11.4. The maximum atomic E-state index is 11.4. The second-order valence-corrected chi connectivity index (χ2v) is 3.51. The van der Waals surface area contributed by atoms with Gasteiger partial charge in [-0.2, -0.15) is 0 Å². The molecule has 0 aliphatic heterocycles. The lowest BCUT2D eigenvalue weighted by Gasteiger charge is -2.26. The molecule has 0 spiro atoms. The number of rotatable bonds is 4. The van der Waals surface area contributed by atoms with Crippen LogP contribution in [0, 0.1) is 11.3 Å². The summed E-state index contributed by atoms with van der Waals surface area (Å²) in [5.41, 5.74) is -0.599. The zero-order valence-corrected chi connectivity index (χ0v) is 8.18. The molecule has 0 saturated heterocycles. The molecule has 0 aliphatic rings. The van der Waals surface area contributed by atoms with Gasteiger partial charge in [0.15, 0.2) is 0 Å². The summed E-state index contributed by atoms with van der Waals surface area (Å²) >= 11 is 0. The first-order valence-corrected chi connectivity index (χ1v) is 4.20. The molecule has 0 aromatic carbocycles. The summed E-state index contributed by atoms with van der Waals surface area (Å²) in [4.78, 5) is 21.9. The van der Waals surface area contributed by atoms with Crippen molar-refractivity contribution in [3.05, 3.63) is 0 Å². The highest BCUT2D eigenvalue weighted by atomic mass is 16.2. The molecule has 0 bridgehead atoms. The van der Waals surface area contributed by atoms with E-state index < -0.39 is 5.41 Å². The molecule has 0 rings (SSSR count). The van der Waals surface area contributed by atoms with Crippen LogP contribution in [0.25, 0.3) is 0 Å². The summed E-state index contributed by atoms with van der Waals surface area (Å²) in [5.74, 6) is -0.311. The van der Waals surface area contributed by atoms with Crippen LogP contribution in [0.2, 0.25) is 0 Å². The van der Waals surface area contributed by atoms with Gasteiger partial charge in [-0.1, -0.05) is 20.8 Å². The van der Waals surface area contributed by atoms with Crippen molar-refractivity contribution in [3.8, 4) is 0 Å².